The number of rotatable bonds is 6. The molecule has 0 bridgehead atoms. The van der Waals surface area contributed by atoms with Crippen LogP contribution in [0.4, 0.5) is 5.69 Å². The van der Waals surface area contributed by atoms with E-state index in [1.54, 1.807) is 24.5 Å². The molecule has 0 aliphatic carbocycles. The molecular weight excluding hydrogens is 518 g/mol. The van der Waals surface area contributed by atoms with Gasteiger partial charge in [0.05, 0.1) is 36.2 Å². The molecule has 1 saturated heterocycles. The summed E-state index contributed by atoms with van der Waals surface area (Å²) >= 11 is 6.23. The number of piperazine rings is 1. The second-order valence-corrected chi connectivity index (χ2v) is 10.5. The number of carbonyl (C=O) groups excluding carboxylic acids is 2. The van der Waals surface area contributed by atoms with Crippen LogP contribution < -0.4 is 5.32 Å². The van der Waals surface area contributed by atoms with Gasteiger partial charge in [0.25, 0.3) is 5.91 Å². The van der Waals surface area contributed by atoms with Gasteiger partial charge in [0, 0.05) is 79.3 Å². The number of furan rings is 1. The monoisotopic (exact) mass is 547 g/mol. The fourth-order valence-electron chi connectivity index (χ4n) is 5.63. The van der Waals surface area contributed by atoms with Gasteiger partial charge in [0.1, 0.15) is 0 Å². The Balaban J connectivity index is 1.24. The molecule has 0 atom stereocenters. The number of hydrogen-bond donors (Lipinski definition) is 2. The number of aliphatic hydroxyl groups excluding tert-OH is 1. The van der Waals surface area contributed by atoms with E-state index in [0.717, 1.165) is 40.6 Å². The van der Waals surface area contributed by atoms with Crippen molar-refractivity contribution in [2.75, 3.05) is 57.7 Å². The SMILES string of the molecule is O=C(CN1CCc2nc3ccccc3c(C(=O)N3CCN(CCO)CC3)c2C1)Nc1cc(Cl)cc2ccoc12. The molecule has 6 rings (SSSR count). The Hall–Kier alpha value is -3.50. The van der Waals surface area contributed by atoms with Crippen LogP contribution in [-0.4, -0.2) is 89.0 Å². The minimum Gasteiger partial charge on any atom is -0.462 e. The fourth-order valence-corrected chi connectivity index (χ4v) is 5.86. The van der Waals surface area contributed by atoms with E-state index in [9.17, 15) is 14.7 Å². The number of nitrogens with zero attached hydrogens (tertiary/aromatic N) is 4. The Kier molecular flexibility index (Phi) is 7.22. The normalized spacial score (nSPS) is 16.5. The molecule has 202 valence electrons. The molecule has 2 aliphatic heterocycles. The standard InChI is InChI=1S/C29H30ClN5O4/c30-20-15-19-6-14-39-28(19)25(16-20)32-26(37)18-34-7-5-24-22(17-34)27(21-3-1-2-4-23(21)31-24)29(38)35-10-8-33(9-11-35)12-13-36/h1-4,6,14-16,36H,5,7-13,17-18H2,(H,32,37). The predicted molar refractivity (Wildman–Crippen MR) is 150 cm³/mol. The van der Waals surface area contributed by atoms with Gasteiger partial charge in [-0.1, -0.05) is 29.8 Å². The number of amides is 2. The molecule has 2 amide bonds. The Morgan fingerprint density at radius 1 is 1.05 bits per heavy atom. The molecular formula is C29H30ClN5O4. The molecule has 2 aliphatic rings. The number of hydrogen-bond acceptors (Lipinski definition) is 7. The summed E-state index contributed by atoms with van der Waals surface area (Å²) in [5.74, 6) is -0.181. The number of fused-ring (bicyclic) bond motifs is 3. The first-order valence-electron chi connectivity index (χ1n) is 13.2. The topological polar surface area (TPSA) is 102 Å². The highest BCUT2D eigenvalue weighted by Gasteiger charge is 2.30. The zero-order valence-electron chi connectivity index (χ0n) is 21.5. The average molecular weight is 548 g/mol. The molecule has 39 heavy (non-hydrogen) atoms. The second-order valence-electron chi connectivity index (χ2n) is 10.1. The van der Waals surface area contributed by atoms with Gasteiger partial charge in [-0.25, -0.2) is 0 Å². The van der Waals surface area contributed by atoms with Crippen molar-refractivity contribution in [3.05, 3.63) is 70.6 Å². The van der Waals surface area contributed by atoms with Gasteiger partial charge < -0.3 is 19.7 Å². The van der Waals surface area contributed by atoms with Crippen LogP contribution in [0.15, 0.2) is 53.1 Å². The van der Waals surface area contributed by atoms with Crippen molar-refractivity contribution < 1.29 is 19.1 Å². The van der Waals surface area contributed by atoms with Crippen molar-refractivity contribution >= 4 is 51.0 Å². The molecule has 2 N–H and O–H groups in total. The van der Waals surface area contributed by atoms with Crippen molar-refractivity contribution in [1.82, 2.24) is 19.7 Å². The summed E-state index contributed by atoms with van der Waals surface area (Å²) in [6, 6.07) is 13.1. The number of aliphatic hydroxyl groups is 1. The molecule has 1 fully saturated rings. The zero-order chi connectivity index (χ0) is 26.9. The second kappa shape index (κ2) is 10.9. The number of aromatic nitrogens is 1. The number of carbonyl (C=O) groups is 2. The molecule has 4 heterocycles. The first-order chi connectivity index (χ1) is 19.0. The summed E-state index contributed by atoms with van der Waals surface area (Å²) < 4.78 is 5.55. The number of halogens is 1. The molecule has 10 heteroatoms. The number of para-hydroxylation sites is 1. The molecule has 0 radical (unpaired) electrons. The van der Waals surface area contributed by atoms with Crippen molar-refractivity contribution in [3.8, 4) is 0 Å². The lowest BCUT2D eigenvalue weighted by molar-refractivity contribution is -0.117. The van der Waals surface area contributed by atoms with E-state index in [4.69, 9.17) is 21.0 Å². The van der Waals surface area contributed by atoms with Crippen LogP contribution in [0.3, 0.4) is 0 Å². The third-order valence-corrected chi connectivity index (χ3v) is 7.79. The summed E-state index contributed by atoms with van der Waals surface area (Å²) in [5.41, 5.74) is 4.43. The Morgan fingerprint density at radius 3 is 2.69 bits per heavy atom. The van der Waals surface area contributed by atoms with Crippen LogP contribution in [-0.2, 0) is 17.8 Å². The van der Waals surface area contributed by atoms with E-state index in [0.29, 0.717) is 61.0 Å². The summed E-state index contributed by atoms with van der Waals surface area (Å²) in [4.78, 5) is 38.1. The van der Waals surface area contributed by atoms with Gasteiger partial charge in [-0.05, 0) is 24.3 Å². The van der Waals surface area contributed by atoms with Gasteiger partial charge in [0.15, 0.2) is 5.58 Å². The summed E-state index contributed by atoms with van der Waals surface area (Å²) in [7, 11) is 0. The van der Waals surface area contributed by atoms with E-state index in [-0.39, 0.29) is 25.0 Å². The molecule has 2 aromatic heterocycles. The quantitative estimate of drug-likeness (QED) is 0.381. The zero-order valence-corrected chi connectivity index (χ0v) is 22.3. The number of anilines is 1. The summed E-state index contributed by atoms with van der Waals surface area (Å²) in [5, 5.41) is 14.4. The van der Waals surface area contributed by atoms with E-state index in [1.807, 2.05) is 34.1 Å². The van der Waals surface area contributed by atoms with Crippen molar-refractivity contribution in [2.24, 2.45) is 0 Å². The molecule has 4 aromatic rings. The lowest BCUT2D eigenvalue weighted by Crippen LogP contribution is -2.49. The fraction of sp³-hybridized carbons (Fsp3) is 0.345. The van der Waals surface area contributed by atoms with Gasteiger partial charge in [-0.2, -0.15) is 0 Å². The van der Waals surface area contributed by atoms with Crippen LogP contribution in [0.5, 0.6) is 0 Å². The smallest absolute Gasteiger partial charge is 0.255 e. The highest BCUT2D eigenvalue weighted by atomic mass is 35.5. The van der Waals surface area contributed by atoms with E-state index >= 15 is 0 Å². The highest BCUT2D eigenvalue weighted by molar-refractivity contribution is 6.32. The Bertz CT molecular complexity index is 1550. The molecule has 0 unspecified atom stereocenters. The Labute approximate surface area is 230 Å². The van der Waals surface area contributed by atoms with E-state index in [1.165, 1.54) is 0 Å². The number of benzene rings is 2. The maximum Gasteiger partial charge on any atom is 0.255 e. The van der Waals surface area contributed by atoms with Crippen LogP contribution in [0.25, 0.3) is 21.9 Å². The van der Waals surface area contributed by atoms with Gasteiger partial charge in [-0.3, -0.25) is 24.4 Å². The lowest BCUT2D eigenvalue weighted by Gasteiger charge is -2.36. The highest BCUT2D eigenvalue weighted by Crippen LogP contribution is 2.31. The van der Waals surface area contributed by atoms with Crippen LogP contribution >= 0.6 is 11.6 Å². The first-order valence-corrected chi connectivity index (χ1v) is 13.6. The Morgan fingerprint density at radius 2 is 1.87 bits per heavy atom. The van der Waals surface area contributed by atoms with Gasteiger partial charge in [0.2, 0.25) is 5.91 Å². The number of pyridine rings is 1. The summed E-state index contributed by atoms with van der Waals surface area (Å²) in [6.07, 6.45) is 2.22. The largest absolute Gasteiger partial charge is 0.462 e. The lowest BCUT2D eigenvalue weighted by atomic mass is 9.94. The van der Waals surface area contributed by atoms with Gasteiger partial charge >= 0.3 is 0 Å². The minimum absolute atomic E-state index is 0.000982. The molecule has 9 nitrogen and oxygen atoms in total. The first kappa shape index (κ1) is 25.8. The van der Waals surface area contributed by atoms with E-state index in [2.05, 4.69) is 10.2 Å². The van der Waals surface area contributed by atoms with Crippen molar-refractivity contribution in [3.63, 3.8) is 0 Å². The molecule has 0 saturated carbocycles. The minimum atomic E-state index is -0.181. The third-order valence-electron chi connectivity index (χ3n) is 7.57. The van der Waals surface area contributed by atoms with Crippen LogP contribution in [0, 0.1) is 0 Å². The van der Waals surface area contributed by atoms with Crippen molar-refractivity contribution in [1.29, 1.82) is 0 Å². The van der Waals surface area contributed by atoms with Gasteiger partial charge in [-0.15, -0.1) is 0 Å². The van der Waals surface area contributed by atoms with Crippen LogP contribution in [0.1, 0.15) is 21.6 Å². The maximum atomic E-state index is 14.0. The maximum absolute atomic E-state index is 14.0. The molecule has 0 spiro atoms. The van der Waals surface area contributed by atoms with Crippen molar-refractivity contribution in [2.45, 2.75) is 13.0 Å². The van der Waals surface area contributed by atoms with Crippen LogP contribution in [0.2, 0.25) is 5.02 Å². The summed E-state index contributed by atoms with van der Waals surface area (Å²) in [6.45, 7) is 4.69. The number of nitrogens with one attached hydrogen (secondary N) is 1. The van der Waals surface area contributed by atoms with E-state index < -0.39 is 0 Å². The molecule has 2 aromatic carbocycles. The third kappa shape index (κ3) is 5.23. The average Bonchev–Trinajstić information content (AvgIpc) is 3.41. The number of β-amino-alcohol motifs (C(OH)–C–C–N with tert-alkyl or cyclic N) is 1. The predicted octanol–water partition coefficient (Wildman–Crippen LogP) is 3.38.